The number of furan rings is 1. The second-order valence-electron chi connectivity index (χ2n) is 7.37. The normalized spacial score (nSPS) is 21.9. The number of hydrogen-bond acceptors (Lipinski definition) is 6. The Bertz CT molecular complexity index is 721. The summed E-state index contributed by atoms with van der Waals surface area (Å²) < 4.78 is 5.46. The molecule has 2 saturated heterocycles. The van der Waals surface area contributed by atoms with E-state index in [1.54, 1.807) is 18.7 Å². The van der Waals surface area contributed by atoms with Gasteiger partial charge in [-0.1, -0.05) is 0 Å². The predicted molar refractivity (Wildman–Crippen MR) is 102 cm³/mol. The van der Waals surface area contributed by atoms with Crippen LogP contribution < -0.4 is 4.90 Å². The van der Waals surface area contributed by atoms with E-state index in [9.17, 15) is 4.79 Å². The Morgan fingerprint density at radius 2 is 1.96 bits per heavy atom. The van der Waals surface area contributed by atoms with Crippen molar-refractivity contribution in [3.63, 3.8) is 0 Å². The average molecular weight is 369 g/mol. The van der Waals surface area contributed by atoms with Crippen LogP contribution in [-0.2, 0) is 11.3 Å². The van der Waals surface area contributed by atoms with Crippen LogP contribution in [0.1, 0.15) is 25.0 Å². The van der Waals surface area contributed by atoms with Crippen molar-refractivity contribution < 1.29 is 9.21 Å². The Morgan fingerprint density at radius 3 is 2.78 bits per heavy atom. The highest BCUT2D eigenvalue weighted by molar-refractivity contribution is 5.79. The predicted octanol–water partition coefficient (Wildman–Crippen LogP) is 2.02. The van der Waals surface area contributed by atoms with Crippen molar-refractivity contribution in [1.82, 2.24) is 19.8 Å². The van der Waals surface area contributed by atoms with E-state index in [1.807, 2.05) is 23.1 Å². The van der Waals surface area contributed by atoms with Gasteiger partial charge in [0, 0.05) is 45.1 Å². The third kappa shape index (κ3) is 4.47. The molecular weight excluding hydrogens is 342 g/mol. The lowest BCUT2D eigenvalue weighted by Crippen LogP contribution is -2.45. The number of carbonyl (C=O) groups is 1. The highest BCUT2D eigenvalue weighted by Crippen LogP contribution is 2.22. The quantitative estimate of drug-likeness (QED) is 0.822. The summed E-state index contributed by atoms with van der Waals surface area (Å²) in [7, 11) is 0. The molecule has 4 heterocycles. The Morgan fingerprint density at radius 1 is 1.07 bits per heavy atom. The van der Waals surface area contributed by atoms with Crippen LogP contribution in [0.3, 0.4) is 0 Å². The number of hydrogen-bond donors (Lipinski definition) is 0. The smallest absolute Gasteiger partial charge is 0.227 e. The molecule has 0 aliphatic carbocycles. The lowest BCUT2D eigenvalue weighted by Gasteiger charge is -2.34. The fourth-order valence-corrected chi connectivity index (χ4v) is 4.07. The van der Waals surface area contributed by atoms with E-state index in [0.29, 0.717) is 5.91 Å². The summed E-state index contributed by atoms with van der Waals surface area (Å²) in [5.41, 5.74) is 0. The highest BCUT2D eigenvalue weighted by atomic mass is 16.3. The Balaban J connectivity index is 1.33. The maximum atomic E-state index is 13.1. The van der Waals surface area contributed by atoms with Crippen molar-refractivity contribution in [2.45, 2.75) is 25.8 Å². The van der Waals surface area contributed by atoms with Crippen molar-refractivity contribution in [1.29, 1.82) is 0 Å². The summed E-state index contributed by atoms with van der Waals surface area (Å²) in [4.78, 5) is 28.4. The van der Waals surface area contributed by atoms with Gasteiger partial charge in [-0.2, -0.15) is 0 Å². The van der Waals surface area contributed by atoms with Crippen molar-refractivity contribution in [2.75, 3.05) is 44.2 Å². The molecule has 0 spiro atoms. The number of nitrogens with zero attached hydrogens (tertiary/aromatic N) is 5. The molecule has 0 aromatic carbocycles. The first kappa shape index (κ1) is 18.0. The Labute approximate surface area is 160 Å². The number of rotatable bonds is 4. The van der Waals surface area contributed by atoms with Gasteiger partial charge in [-0.25, -0.2) is 9.97 Å². The molecule has 0 unspecified atom stereocenters. The minimum atomic E-state index is 0.0910. The van der Waals surface area contributed by atoms with Gasteiger partial charge in [0.2, 0.25) is 11.9 Å². The minimum Gasteiger partial charge on any atom is -0.468 e. The number of amides is 1. The maximum Gasteiger partial charge on any atom is 0.227 e. The summed E-state index contributed by atoms with van der Waals surface area (Å²) in [5.74, 6) is 2.12. The molecule has 2 aromatic heterocycles. The maximum absolute atomic E-state index is 13.1. The molecule has 27 heavy (non-hydrogen) atoms. The zero-order chi connectivity index (χ0) is 18.5. The van der Waals surface area contributed by atoms with Gasteiger partial charge in [-0.05, 0) is 44.0 Å². The number of carbonyl (C=O) groups excluding carboxylic acids is 1. The van der Waals surface area contributed by atoms with Gasteiger partial charge >= 0.3 is 0 Å². The molecule has 4 rings (SSSR count). The molecule has 0 saturated carbocycles. The topological polar surface area (TPSA) is 65.7 Å². The SMILES string of the molecule is O=C([C@H]1CCCN(Cc2ccco2)C1)N1CCCN(c2ncccn2)CC1. The molecule has 1 atom stereocenters. The monoisotopic (exact) mass is 369 g/mol. The lowest BCUT2D eigenvalue weighted by molar-refractivity contribution is -0.137. The van der Waals surface area contributed by atoms with Crippen LogP contribution in [0.2, 0.25) is 0 Å². The molecule has 2 aromatic rings. The summed E-state index contributed by atoms with van der Waals surface area (Å²) >= 11 is 0. The van der Waals surface area contributed by atoms with E-state index in [-0.39, 0.29) is 5.92 Å². The molecule has 0 N–H and O–H groups in total. The molecule has 0 radical (unpaired) electrons. The summed E-state index contributed by atoms with van der Waals surface area (Å²) in [6.07, 6.45) is 8.25. The molecule has 2 fully saturated rings. The van der Waals surface area contributed by atoms with Crippen LogP contribution in [0.25, 0.3) is 0 Å². The number of likely N-dealkylation sites (tertiary alicyclic amines) is 1. The number of aromatic nitrogens is 2. The van der Waals surface area contributed by atoms with E-state index in [0.717, 1.165) is 76.8 Å². The molecule has 2 aliphatic rings. The molecular formula is C20H27N5O2. The van der Waals surface area contributed by atoms with Crippen molar-refractivity contribution in [3.8, 4) is 0 Å². The third-order valence-corrected chi connectivity index (χ3v) is 5.46. The third-order valence-electron chi connectivity index (χ3n) is 5.46. The van der Waals surface area contributed by atoms with E-state index in [1.165, 1.54) is 0 Å². The van der Waals surface area contributed by atoms with Gasteiger partial charge in [0.05, 0.1) is 18.7 Å². The minimum absolute atomic E-state index is 0.0910. The van der Waals surface area contributed by atoms with Gasteiger partial charge in [0.25, 0.3) is 0 Å². The van der Waals surface area contributed by atoms with Crippen molar-refractivity contribution >= 4 is 11.9 Å². The van der Waals surface area contributed by atoms with Crippen LogP contribution in [0.4, 0.5) is 5.95 Å². The Kier molecular flexibility index (Phi) is 5.67. The molecule has 2 aliphatic heterocycles. The number of anilines is 1. The lowest BCUT2D eigenvalue weighted by atomic mass is 9.96. The van der Waals surface area contributed by atoms with E-state index >= 15 is 0 Å². The van der Waals surface area contributed by atoms with Crippen LogP contribution in [0.5, 0.6) is 0 Å². The molecule has 7 nitrogen and oxygen atoms in total. The standard InChI is InChI=1S/C20H27N5O2/c26-19(17-5-1-9-23(15-17)16-18-6-2-14-27-18)24-10-4-11-25(13-12-24)20-21-7-3-8-22-20/h2-3,6-8,14,17H,1,4-5,9-13,15-16H2/t17-/m0/s1. The van der Waals surface area contributed by atoms with Gasteiger partial charge in [0.15, 0.2) is 0 Å². The fourth-order valence-electron chi connectivity index (χ4n) is 4.07. The van der Waals surface area contributed by atoms with Crippen LogP contribution in [0, 0.1) is 5.92 Å². The summed E-state index contributed by atoms with van der Waals surface area (Å²) in [5, 5.41) is 0. The van der Waals surface area contributed by atoms with Crippen LogP contribution in [0.15, 0.2) is 41.3 Å². The first-order chi connectivity index (χ1) is 13.3. The van der Waals surface area contributed by atoms with E-state index in [2.05, 4.69) is 19.8 Å². The largest absolute Gasteiger partial charge is 0.468 e. The van der Waals surface area contributed by atoms with Crippen molar-refractivity contribution in [3.05, 3.63) is 42.6 Å². The number of piperidine rings is 1. The first-order valence-corrected chi connectivity index (χ1v) is 9.85. The van der Waals surface area contributed by atoms with Gasteiger partial charge in [-0.15, -0.1) is 0 Å². The Hall–Kier alpha value is -2.41. The molecule has 1 amide bonds. The second-order valence-corrected chi connectivity index (χ2v) is 7.37. The zero-order valence-electron chi connectivity index (χ0n) is 15.7. The molecule has 144 valence electrons. The highest BCUT2D eigenvalue weighted by Gasteiger charge is 2.30. The van der Waals surface area contributed by atoms with Crippen LogP contribution >= 0.6 is 0 Å². The van der Waals surface area contributed by atoms with E-state index in [4.69, 9.17) is 4.42 Å². The fraction of sp³-hybridized carbons (Fsp3) is 0.550. The molecule has 0 bridgehead atoms. The van der Waals surface area contributed by atoms with Gasteiger partial charge in [-0.3, -0.25) is 9.69 Å². The van der Waals surface area contributed by atoms with Crippen molar-refractivity contribution in [2.24, 2.45) is 5.92 Å². The summed E-state index contributed by atoms with van der Waals surface area (Å²) in [6, 6.07) is 5.75. The molecule has 7 heteroatoms. The van der Waals surface area contributed by atoms with Gasteiger partial charge in [0.1, 0.15) is 5.76 Å². The van der Waals surface area contributed by atoms with Crippen LogP contribution in [-0.4, -0.2) is 64.9 Å². The second kappa shape index (κ2) is 8.52. The first-order valence-electron chi connectivity index (χ1n) is 9.85. The zero-order valence-corrected chi connectivity index (χ0v) is 15.7. The summed E-state index contributed by atoms with van der Waals surface area (Å²) in [6.45, 7) is 5.88. The van der Waals surface area contributed by atoms with Gasteiger partial charge < -0.3 is 14.2 Å². The average Bonchev–Trinajstić information content (AvgIpc) is 3.10. The van der Waals surface area contributed by atoms with E-state index < -0.39 is 0 Å².